The molecular formula is C13H24N4O2. The van der Waals surface area contributed by atoms with Crippen LogP contribution in [0.5, 0.6) is 5.88 Å². The second-order valence-corrected chi connectivity index (χ2v) is 4.86. The van der Waals surface area contributed by atoms with E-state index in [-0.39, 0.29) is 12.1 Å². The molecule has 2 N–H and O–H groups in total. The Morgan fingerprint density at radius 2 is 1.95 bits per heavy atom. The third-order valence-corrected chi connectivity index (χ3v) is 2.61. The molecule has 0 aliphatic heterocycles. The Morgan fingerprint density at radius 3 is 2.47 bits per heavy atom. The number of rotatable bonds is 7. The van der Waals surface area contributed by atoms with Gasteiger partial charge in [-0.05, 0) is 27.7 Å². The maximum absolute atomic E-state index is 6.11. The summed E-state index contributed by atoms with van der Waals surface area (Å²) < 4.78 is 10.7. The Kier molecular flexibility index (Phi) is 5.82. The molecule has 6 heteroatoms. The summed E-state index contributed by atoms with van der Waals surface area (Å²) in [6, 6.07) is 0.263. The summed E-state index contributed by atoms with van der Waals surface area (Å²) in [4.78, 5) is 10.4. The zero-order chi connectivity index (χ0) is 14.4. The minimum absolute atomic E-state index is 0.0246. The monoisotopic (exact) mass is 268 g/mol. The van der Waals surface area contributed by atoms with Crippen molar-refractivity contribution in [1.29, 1.82) is 0 Å². The van der Waals surface area contributed by atoms with Crippen molar-refractivity contribution in [1.82, 2.24) is 9.97 Å². The van der Waals surface area contributed by atoms with Crippen LogP contribution in [0.1, 0.15) is 27.7 Å². The lowest BCUT2D eigenvalue weighted by Gasteiger charge is -2.28. The Morgan fingerprint density at radius 1 is 1.26 bits per heavy atom. The number of nitrogens with zero attached hydrogens (tertiary/aromatic N) is 3. The van der Waals surface area contributed by atoms with Crippen molar-refractivity contribution in [2.45, 2.75) is 39.8 Å². The van der Waals surface area contributed by atoms with E-state index in [9.17, 15) is 0 Å². The average Bonchev–Trinajstić information content (AvgIpc) is 2.33. The molecule has 0 saturated heterocycles. The largest absolute Gasteiger partial charge is 0.473 e. The molecule has 6 nitrogen and oxygen atoms in total. The number of hydrogen-bond acceptors (Lipinski definition) is 6. The van der Waals surface area contributed by atoms with E-state index in [1.54, 1.807) is 7.11 Å². The van der Waals surface area contributed by atoms with Crippen LogP contribution in [0.3, 0.4) is 0 Å². The highest BCUT2D eigenvalue weighted by atomic mass is 16.5. The predicted octanol–water partition coefficient (Wildman–Crippen LogP) is 1.71. The summed E-state index contributed by atoms with van der Waals surface area (Å²) in [5.74, 6) is 1.13. The molecule has 1 heterocycles. The first kappa shape index (κ1) is 15.5. The fourth-order valence-corrected chi connectivity index (χ4v) is 1.72. The van der Waals surface area contributed by atoms with Gasteiger partial charge >= 0.3 is 0 Å². The zero-order valence-electron chi connectivity index (χ0n) is 12.4. The van der Waals surface area contributed by atoms with Gasteiger partial charge in [0.25, 0.3) is 0 Å². The van der Waals surface area contributed by atoms with Gasteiger partial charge in [-0.15, -0.1) is 0 Å². The van der Waals surface area contributed by atoms with Crippen LogP contribution in [0.2, 0.25) is 0 Å². The molecule has 0 fully saturated rings. The molecule has 0 bridgehead atoms. The molecule has 0 aliphatic rings. The van der Waals surface area contributed by atoms with Gasteiger partial charge in [0.05, 0.1) is 12.7 Å². The molecule has 0 atom stereocenters. The maximum atomic E-state index is 6.11. The number of aromatic nitrogens is 2. The Balaban J connectivity index is 3.02. The van der Waals surface area contributed by atoms with Crippen molar-refractivity contribution in [2.24, 2.45) is 0 Å². The molecule has 108 valence electrons. The van der Waals surface area contributed by atoms with E-state index in [2.05, 4.69) is 28.7 Å². The summed E-state index contributed by atoms with van der Waals surface area (Å²) >= 11 is 0. The predicted molar refractivity (Wildman–Crippen MR) is 76.6 cm³/mol. The Labute approximate surface area is 114 Å². The van der Waals surface area contributed by atoms with Crippen LogP contribution < -0.4 is 15.4 Å². The second-order valence-electron chi connectivity index (χ2n) is 4.86. The number of nitrogen functional groups attached to an aromatic ring is 1. The highest BCUT2D eigenvalue weighted by Crippen LogP contribution is 2.29. The van der Waals surface area contributed by atoms with E-state index in [4.69, 9.17) is 15.2 Å². The van der Waals surface area contributed by atoms with Gasteiger partial charge in [-0.3, -0.25) is 0 Å². The molecule has 0 unspecified atom stereocenters. The highest BCUT2D eigenvalue weighted by Gasteiger charge is 2.18. The number of methoxy groups -OCH3 is 1. The number of ether oxygens (including phenoxy) is 2. The average molecular weight is 268 g/mol. The first-order valence-electron chi connectivity index (χ1n) is 6.50. The molecule has 0 aliphatic carbocycles. The van der Waals surface area contributed by atoms with Gasteiger partial charge < -0.3 is 20.1 Å². The fourth-order valence-electron chi connectivity index (χ4n) is 1.72. The Hall–Kier alpha value is -1.56. The van der Waals surface area contributed by atoms with E-state index in [1.807, 2.05) is 13.8 Å². The normalized spacial score (nSPS) is 11.1. The summed E-state index contributed by atoms with van der Waals surface area (Å²) in [6.45, 7) is 9.37. The molecule has 19 heavy (non-hydrogen) atoms. The van der Waals surface area contributed by atoms with E-state index >= 15 is 0 Å². The quantitative estimate of drug-likeness (QED) is 0.811. The van der Waals surface area contributed by atoms with Crippen LogP contribution in [0.15, 0.2) is 6.33 Å². The lowest BCUT2D eigenvalue weighted by atomic mass is 10.3. The van der Waals surface area contributed by atoms with Crippen LogP contribution in [-0.2, 0) is 4.74 Å². The van der Waals surface area contributed by atoms with Crippen molar-refractivity contribution in [3.63, 3.8) is 0 Å². The van der Waals surface area contributed by atoms with E-state index in [0.29, 0.717) is 24.0 Å². The Bertz CT molecular complexity index is 396. The van der Waals surface area contributed by atoms with Gasteiger partial charge in [0.2, 0.25) is 5.88 Å². The molecule has 1 aromatic rings. The van der Waals surface area contributed by atoms with Crippen molar-refractivity contribution in [3.8, 4) is 5.88 Å². The highest BCUT2D eigenvalue weighted by molar-refractivity contribution is 5.68. The number of nitrogens with two attached hydrogens (primary N) is 1. The third-order valence-electron chi connectivity index (χ3n) is 2.61. The van der Waals surface area contributed by atoms with E-state index < -0.39 is 0 Å². The lowest BCUT2D eigenvalue weighted by molar-refractivity contribution is 0.203. The lowest BCUT2D eigenvalue weighted by Crippen LogP contribution is -2.35. The minimum Gasteiger partial charge on any atom is -0.473 e. The SMILES string of the molecule is COCCN(c1ncnc(OC(C)C)c1N)C(C)C. The van der Waals surface area contributed by atoms with Crippen molar-refractivity contribution in [3.05, 3.63) is 6.33 Å². The van der Waals surface area contributed by atoms with Crippen LogP contribution in [0.4, 0.5) is 11.5 Å². The molecule has 0 spiro atoms. The van der Waals surface area contributed by atoms with E-state index in [1.165, 1.54) is 6.33 Å². The number of hydrogen-bond donors (Lipinski definition) is 1. The summed E-state index contributed by atoms with van der Waals surface area (Å²) in [6.07, 6.45) is 1.50. The van der Waals surface area contributed by atoms with Gasteiger partial charge in [0.1, 0.15) is 12.0 Å². The molecule has 0 radical (unpaired) electrons. The zero-order valence-corrected chi connectivity index (χ0v) is 12.4. The number of anilines is 2. The smallest absolute Gasteiger partial charge is 0.242 e. The van der Waals surface area contributed by atoms with Crippen LogP contribution in [0, 0.1) is 0 Å². The summed E-state index contributed by atoms with van der Waals surface area (Å²) in [7, 11) is 1.68. The molecule has 0 saturated carbocycles. The standard InChI is InChI=1S/C13H24N4O2/c1-9(2)17(6-7-18-5)12-11(14)13(16-8-15-12)19-10(3)4/h8-10H,6-7,14H2,1-5H3. The second kappa shape index (κ2) is 7.13. The molecule has 0 aromatic carbocycles. The summed E-state index contributed by atoms with van der Waals surface area (Å²) in [5.41, 5.74) is 6.58. The van der Waals surface area contributed by atoms with Crippen molar-refractivity contribution < 1.29 is 9.47 Å². The van der Waals surface area contributed by atoms with E-state index in [0.717, 1.165) is 6.54 Å². The fraction of sp³-hybridized carbons (Fsp3) is 0.692. The first-order valence-corrected chi connectivity index (χ1v) is 6.50. The van der Waals surface area contributed by atoms with Gasteiger partial charge in [0.15, 0.2) is 5.82 Å². The molecule has 0 amide bonds. The molecule has 1 aromatic heterocycles. The summed E-state index contributed by atoms with van der Waals surface area (Å²) in [5, 5.41) is 0. The molecule has 1 rings (SSSR count). The van der Waals surface area contributed by atoms with Gasteiger partial charge in [-0.25, -0.2) is 4.98 Å². The topological polar surface area (TPSA) is 73.5 Å². The van der Waals surface area contributed by atoms with Crippen LogP contribution in [-0.4, -0.2) is 42.4 Å². The van der Waals surface area contributed by atoms with Crippen LogP contribution >= 0.6 is 0 Å². The van der Waals surface area contributed by atoms with Crippen molar-refractivity contribution in [2.75, 3.05) is 30.9 Å². The van der Waals surface area contributed by atoms with Gasteiger partial charge in [-0.2, -0.15) is 4.98 Å². The van der Waals surface area contributed by atoms with Gasteiger partial charge in [0, 0.05) is 19.7 Å². The first-order chi connectivity index (χ1) is 8.97. The van der Waals surface area contributed by atoms with Gasteiger partial charge in [-0.1, -0.05) is 0 Å². The molecular weight excluding hydrogens is 244 g/mol. The third kappa shape index (κ3) is 4.24. The minimum atomic E-state index is 0.0246. The van der Waals surface area contributed by atoms with Crippen molar-refractivity contribution >= 4 is 11.5 Å². The maximum Gasteiger partial charge on any atom is 0.242 e. The van der Waals surface area contributed by atoms with Crippen LogP contribution in [0.25, 0.3) is 0 Å².